The Morgan fingerprint density at radius 1 is 0.833 bits per heavy atom. The van der Waals surface area contributed by atoms with Gasteiger partial charge in [0.05, 0.1) is 23.7 Å². The molecule has 1 aromatic carbocycles. The minimum Gasteiger partial charge on any atom is -0.355 e. The van der Waals surface area contributed by atoms with Gasteiger partial charge >= 0.3 is 0 Å². The number of rotatable bonds is 2. The number of aromatic amines is 1. The number of aromatic nitrogens is 3. The molecule has 5 nitrogen and oxygen atoms in total. The van der Waals surface area contributed by atoms with Gasteiger partial charge in [-0.25, -0.2) is 4.98 Å². The van der Waals surface area contributed by atoms with Crippen molar-refractivity contribution in [1.82, 2.24) is 15.2 Å². The third kappa shape index (κ3) is 3.69. The van der Waals surface area contributed by atoms with Gasteiger partial charge < -0.3 is 9.80 Å². The van der Waals surface area contributed by atoms with E-state index in [-0.39, 0.29) is 10.8 Å². The van der Waals surface area contributed by atoms with Crippen LogP contribution in [-0.4, -0.2) is 28.9 Å². The van der Waals surface area contributed by atoms with Crippen LogP contribution >= 0.6 is 0 Å². The normalized spacial score (nSPS) is 14.4. The van der Waals surface area contributed by atoms with Crippen LogP contribution in [0.1, 0.15) is 58.4 Å². The summed E-state index contributed by atoms with van der Waals surface area (Å²) in [5.41, 5.74) is 8.02. The monoisotopic (exact) mass is 403 g/mol. The van der Waals surface area contributed by atoms with Crippen molar-refractivity contribution < 1.29 is 0 Å². The van der Waals surface area contributed by atoms with E-state index < -0.39 is 0 Å². The molecule has 0 saturated heterocycles. The SMILES string of the molecule is Cc1cc(-c2cc(C(C)(C)C)cc(N3CN(C)c4cc(C(C)(C)C)ccc43)n2)n[nH]1. The van der Waals surface area contributed by atoms with E-state index in [1.807, 2.05) is 6.92 Å². The summed E-state index contributed by atoms with van der Waals surface area (Å²) in [4.78, 5) is 9.64. The molecule has 0 amide bonds. The molecule has 3 heterocycles. The molecule has 1 N–H and O–H groups in total. The standard InChI is InChI=1S/C25H33N5/c1-16-11-20(28-27-16)19-12-18(25(5,6)7)14-23(26-19)30-15-29(8)22-13-17(24(2,3)4)9-10-21(22)30/h9-14H,15H2,1-8H3,(H,27,28). The van der Waals surface area contributed by atoms with Crippen molar-refractivity contribution in [3.05, 3.63) is 53.2 Å². The molecule has 0 atom stereocenters. The average molecular weight is 404 g/mol. The predicted molar refractivity (Wildman–Crippen MR) is 126 cm³/mol. The van der Waals surface area contributed by atoms with Gasteiger partial charge in [-0.05, 0) is 59.2 Å². The van der Waals surface area contributed by atoms with Gasteiger partial charge in [0.2, 0.25) is 0 Å². The molecule has 0 aliphatic carbocycles. The Morgan fingerprint density at radius 3 is 2.13 bits per heavy atom. The Morgan fingerprint density at radius 2 is 1.53 bits per heavy atom. The van der Waals surface area contributed by atoms with Crippen molar-refractivity contribution >= 4 is 17.2 Å². The van der Waals surface area contributed by atoms with Crippen LogP contribution in [-0.2, 0) is 10.8 Å². The summed E-state index contributed by atoms with van der Waals surface area (Å²) in [6.07, 6.45) is 0. The van der Waals surface area contributed by atoms with Crippen LogP contribution in [0, 0.1) is 6.92 Å². The Kier molecular flexibility index (Phi) is 4.68. The summed E-state index contributed by atoms with van der Waals surface area (Å²) in [7, 11) is 2.15. The number of anilines is 3. The van der Waals surface area contributed by atoms with Gasteiger partial charge in [-0.15, -0.1) is 0 Å². The Bertz CT molecular complexity index is 1080. The Labute approximate surface area is 180 Å². The number of hydrogen-bond acceptors (Lipinski definition) is 4. The Hall–Kier alpha value is -2.82. The predicted octanol–water partition coefficient (Wildman–Crippen LogP) is 5.92. The Balaban J connectivity index is 1.84. The van der Waals surface area contributed by atoms with E-state index in [1.165, 1.54) is 22.5 Å². The lowest BCUT2D eigenvalue weighted by Crippen LogP contribution is -2.25. The van der Waals surface area contributed by atoms with Crippen LogP contribution in [0.5, 0.6) is 0 Å². The first-order valence-electron chi connectivity index (χ1n) is 10.6. The summed E-state index contributed by atoms with van der Waals surface area (Å²) in [6.45, 7) is 16.3. The number of pyridine rings is 1. The summed E-state index contributed by atoms with van der Waals surface area (Å²) >= 11 is 0. The molecule has 2 aromatic heterocycles. The second kappa shape index (κ2) is 6.86. The van der Waals surface area contributed by atoms with E-state index in [0.29, 0.717) is 0 Å². The highest BCUT2D eigenvalue weighted by molar-refractivity contribution is 5.82. The first-order chi connectivity index (χ1) is 13.9. The fraction of sp³-hybridized carbons (Fsp3) is 0.440. The van der Waals surface area contributed by atoms with Crippen LogP contribution in [0.4, 0.5) is 17.2 Å². The van der Waals surface area contributed by atoms with E-state index in [1.54, 1.807) is 0 Å². The lowest BCUT2D eigenvalue weighted by atomic mass is 9.86. The highest BCUT2D eigenvalue weighted by Crippen LogP contribution is 2.42. The molecule has 0 spiro atoms. The van der Waals surface area contributed by atoms with Crippen molar-refractivity contribution in [2.24, 2.45) is 0 Å². The van der Waals surface area contributed by atoms with Crippen LogP contribution in [0.3, 0.4) is 0 Å². The van der Waals surface area contributed by atoms with Gasteiger partial charge in [0.1, 0.15) is 11.5 Å². The van der Waals surface area contributed by atoms with Gasteiger partial charge in [0, 0.05) is 12.7 Å². The third-order valence-electron chi connectivity index (χ3n) is 5.82. The highest BCUT2D eigenvalue weighted by atomic mass is 15.4. The van der Waals surface area contributed by atoms with Crippen LogP contribution < -0.4 is 9.80 Å². The molecular weight excluding hydrogens is 370 g/mol. The van der Waals surface area contributed by atoms with Crippen LogP contribution in [0.25, 0.3) is 11.4 Å². The topological polar surface area (TPSA) is 48.1 Å². The van der Waals surface area contributed by atoms with Gasteiger partial charge in [-0.1, -0.05) is 47.6 Å². The van der Waals surface area contributed by atoms with Gasteiger partial charge in [0.25, 0.3) is 0 Å². The lowest BCUT2D eigenvalue weighted by molar-refractivity contribution is 0.589. The van der Waals surface area contributed by atoms with Gasteiger partial charge in [-0.3, -0.25) is 5.10 Å². The van der Waals surface area contributed by atoms with Gasteiger partial charge in [0.15, 0.2) is 0 Å². The van der Waals surface area contributed by atoms with E-state index in [0.717, 1.165) is 29.6 Å². The molecule has 1 aliphatic heterocycles. The fourth-order valence-electron chi connectivity index (χ4n) is 3.85. The quantitative estimate of drug-likeness (QED) is 0.577. The van der Waals surface area contributed by atoms with E-state index in [9.17, 15) is 0 Å². The second-order valence-corrected chi connectivity index (χ2v) is 10.5. The van der Waals surface area contributed by atoms with Crippen molar-refractivity contribution in [3.8, 4) is 11.4 Å². The lowest BCUT2D eigenvalue weighted by Gasteiger charge is -2.24. The zero-order chi connectivity index (χ0) is 21.8. The maximum atomic E-state index is 5.03. The molecule has 4 rings (SSSR count). The maximum Gasteiger partial charge on any atom is 0.135 e. The molecular formula is C25H33N5. The minimum atomic E-state index is 0.0162. The summed E-state index contributed by atoms with van der Waals surface area (Å²) in [5, 5.41) is 7.50. The maximum absolute atomic E-state index is 5.03. The van der Waals surface area contributed by atoms with E-state index >= 15 is 0 Å². The van der Waals surface area contributed by atoms with E-state index in [2.05, 4.69) is 105 Å². The molecule has 3 aromatic rings. The molecule has 0 fully saturated rings. The number of H-pyrrole nitrogens is 1. The summed E-state index contributed by atoms with van der Waals surface area (Å²) < 4.78 is 0. The number of fused-ring (bicyclic) bond motifs is 1. The van der Waals surface area contributed by atoms with E-state index in [4.69, 9.17) is 4.98 Å². The number of hydrogen-bond donors (Lipinski definition) is 1. The molecule has 30 heavy (non-hydrogen) atoms. The number of nitrogens with zero attached hydrogens (tertiary/aromatic N) is 4. The molecule has 5 heteroatoms. The smallest absolute Gasteiger partial charge is 0.135 e. The first-order valence-corrected chi connectivity index (χ1v) is 10.6. The average Bonchev–Trinajstić information content (AvgIpc) is 3.23. The van der Waals surface area contributed by atoms with Crippen molar-refractivity contribution in [2.75, 3.05) is 23.5 Å². The van der Waals surface area contributed by atoms with Crippen LogP contribution in [0.15, 0.2) is 36.4 Å². The molecule has 0 unspecified atom stereocenters. The zero-order valence-electron chi connectivity index (χ0n) is 19.5. The molecule has 1 aliphatic rings. The third-order valence-corrected chi connectivity index (χ3v) is 5.82. The summed E-state index contributed by atoms with van der Waals surface area (Å²) in [5.74, 6) is 0.965. The molecule has 0 radical (unpaired) electrons. The van der Waals surface area contributed by atoms with Crippen molar-refractivity contribution in [2.45, 2.75) is 59.3 Å². The first kappa shape index (κ1) is 20.5. The van der Waals surface area contributed by atoms with Crippen molar-refractivity contribution in [1.29, 1.82) is 0 Å². The van der Waals surface area contributed by atoms with Crippen LogP contribution in [0.2, 0.25) is 0 Å². The minimum absolute atomic E-state index is 0.0162. The fourth-order valence-corrected chi connectivity index (χ4v) is 3.85. The zero-order valence-corrected chi connectivity index (χ0v) is 19.5. The number of nitrogens with one attached hydrogen (secondary N) is 1. The largest absolute Gasteiger partial charge is 0.355 e. The summed E-state index contributed by atoms with van der Waals surface area (Å²) in [6, 6.07) is 13.3. The molecule has 158 valence electrons. The number of aryl methyl sites for hydroxylation is 1. The van der Waals surface area contributed by atoms with Gasteiger partial charge in [-0.2, -0.15) is 5.10 Å². The second-order valence-electron chi connectivity index (χ2n) is 10.5. The molecule has 0 saturated carbocycles. The van der Waals surface area contributed by atoms with Crippen molar-refractivity contribution in [3.63, 3.8) is 0 Å². The molecule has 0 bridgehead atoms. The highest BCUT2D eigenvalue weighted by Gasteiger charge is 2.29. The number of benzene rings is 1.